The van der Waals surface area contributed by atoms with Crippen LogP contribution in [0, 0.1) is 5.82 Å². The Balaban J connectivity index is 2.06. The Morgan fingerprint density at radius 1 is 1.37 bits per heavy atom. The molecule has 0 amide bonds. The average Bonchev–Trinajstić information content (AvgIpc) is 2.41. The summed E-state index contributed by atoms with van der Waals surface area (Å²) in [5, 5.41) is 8.70. The molecule has 1 N–H and O–H groups in total. The van der Waals surface area contributed by atoms with Crippen molar-refractivity contribution in [2.24, 2.45) is 0 Å². The lowest BCUT2D eigenvalue weighted by Crippen LogP contribution is -2.01. The molecule has 0 saturated heterocycles. The topological polar surface area (TPSA) is 59.4 Å². The number of hydrogen-bond acceptors (Lipinski definition) is 3. The molecule has 1 aromatic heterocycles. The molecule has 4 nitrogen and oxygen atoms in total. The van der Waals surface area contributed by atoms with Crippen LogP contribution in [0.25, 0.3) is 0 Å². The molecular formula is C13H9BrFNO3. The van der Waals surface area contributed by atoms with Gasteiger partial charge in [0, 0.05) is 5.56 Å². The van der Waals surface area contributed by atoms with Crippen molar-refractivity contribution in [1.29, 1.82) is 0 Å². The maximum atomic E-state index is 13.3. The van der Waals surface area contributed by atoms with E-state index < -0.39 is 5.97 Å². The first-order valence-corrected chi connectivity index (χ1v) is 6.12. The molecule has 0 unspecified atom stereocenters. The molecule has 6 heteroatoms. The molecule has 0 bridgehead atoms. The monoisotopic (exact) mass is 325 g/mol. The van der Waals surface area contributed by atoms with Gasteiger partial charge in [-0.3, -0.25) is 0 Å². The van der Waals surface area contributed by atoms with Crippen LogP contribution in [0.2, 0.25) is 0 Å². The van der Waals surface area contributed by atoms with Crippen LogP contribution in [-0.4, -0.2) is 16.1 Å². The number of carbonyl (C=O) groups is 1. The fourth-order valence-electron chi connectivity index (χ4n) is 1.41. The molecule has 0 atom stereocenters. The lowest BCUT2D eigenvalue weighted by atomic mass is 10.2. The van der Waals surface area contributed by atoms with Gasteiger partial charge in [0.1, 0.15) is 23.9 Å². The summed E-state index contributed by atoms with van der Waals surface area (Å²) in [5.74, 6) is -1.04. The van der Waals surface area contributed by atoms with Gasteiger partial charge in [0.25, 0.3) is 0 Å². The molecule has 1 heterocycles. The minimum atomic E-state index is -1.10. The van der Waals surface area contributed by atoms with Crippen molar-refractivity contribution in [1.82, 2.24) is 4.98 Å². The first kappa shape index (κ1) is 13.5. The predicted octanol–water partition coefficient (Wildman–Crippen LogP) is 3.26. The summed E-state index contributed by atoms with van der Waals surface area (Å²) in [6.07, 6.45) is 1.32. The zero-order valence-electron chi connectivity index (χ0n) is 9.64. The van der Waals surface area contributed by atoms with Gasteiger partial charge in [-0.1, -0.05) is 12.1 Å². The number of halogens is 2. The van der Waals surface area contributed by atoms with Crippen LogP contribution >= 0.6 is 15.9 Å². The number of carboxylic acid groups (broad SMARTS) is 1. The highest BCUT2D eigenvalue weighted by Crippen LogP contribution is 2.22. The van der Waals surface area contributed by atoms with Gasteiger partial charge >= 0.3 is 5.97 Å². The summed E-state index contributed by atoms with van der Waals surface area (Å²) in [7, 11) is 0. The van der Waals surface area contributed by atoms with Crippen molar-refractivity contribution in [3.8, 4) is 5.75 Å². The number of rotatable bonds is 4. The lowest BCUT2D eigenvalue weighted by Gasteiger charge is -2.08. The highest BCUT2D eigenvalue weighted by atomic mass is 79.9. The molecule has 0 saturated carbocycles. The molecule has 0 aliphatic carbocycles. The molecule has 2 rings (SSSR count). The standard InChI is InChI=1S/C13H9BrFNO3/c14-12-8(2-1-3-10(12)15)7-19-9-4-5-11(13(17)18)16-6-9/h1-6H,7H2,(H,17,18). The van der Waals surface area contributed by atoms with Crippen LogP contribution in [0.1, 0.15) is 16.1 Å². The third-order valence-corrected chi connectivity index (χ3v) is 3.27. The van der Waals surface area contributed by atoms with Crippen molar-refractivity contribution in [3.63, 3.8) is 0 Å². The van der Waals surface area contributed by atoms with Crippen molar-refractivity contribution >= 4 is 21.9 Å². The second kappa shape index (κ2) is 5.79. The third-order valence-electron chi connectivity index (χ3n) is 2.38. The molecule has 0 aliphatic rings. The quantitative estimate of drug-likeness (QED) is 0.937. The normalized spacial score (nSPS) is 10.2. The summed E-state index contributed by atoms with van der Waals surface area (Å²) in [4.78, 5) is 14.3. The van der Waals surface area contributed by atoms with Crippen LogP contribution in [0.3, 0.4) is 0 Å². The predicted molar refractivity (Wildman–Crippen MR) is 69.6 cm³/mol. The summed E-state index contributed by atoms with van der Waals surface area (Å²) >= 11 is 3.14. The fourth-order valence-corrected chi connectivity index (χ4v) is 1.79. The van der Waals surface area contributed by atoms with E-state index in [-0.39, 0.29) is 18.1 Å². The van der Waals surface area contributed by atoms with Gasteiger partial charge in [-0.05, 0) is 34.1 Å². The van der Waals surface area contributed by atoms with Crippen LogP contribution < -0.4 is 4.74 Å². The highest BCUT2D eigenvalue weighted by molar-refractivity contribution is 9.10. The van der Waals surface area contributed by atoms with Crippen molar-refractivity contribution < 1.29 is 19.0 Å². The van der Waals surface area contributed by atoms with Gasteiger partial charge < -0.3 is 9.84 Å². The number of carboxylic acids is 1. The molecule has 0 fully saturated rings. The SMILES string of the molecule is O=C(O)c1ccc(OCc2cccc(F)c2Br)cn1. The van der Waals surface area contributed by atoms with Gasteiger partial charge in [0.2, 0.25) is 0 Å². The lowest BCUT2D eigenvalue weighted by molar-refractivity contribution is 0.0690. The maximum Gasteiger partial charge on any atom is 0.354 e. The number of nitrogens with zero attached hydrogens (tertiary/aromatic N) is 1. The van der Waals surface area contributed by atoms with Gasteiger partial charge in [-0.15, -0.1) is 0 Å². The Labute approximate surface area is 117 Å². The van der Waals surface area contributed by atoms with Crippen molar-refractivity contribution in [2.75, 3.05) is 0 Å². The van der Waals surface area contributed by atoms with Gasteiger partial charge in [0.05, 0.1) is 10.7 Å². The molecule has 19 heavy (non-hydrogen) atoms. The zero-order valence-corrected chi connectivity index (χ0v) is 11.2. The number of benzene rings is 1. The number of ether oxygens (including phenoxy) is 1. The largest absolute Gasteiger partial charge is 0.487 e. The minimum absolute atomic E-state index is 0.0562. The Morgan fingerprint density at radius 3 is 2.79 bits per heavy atom. The molecule has 98 valence electrons. The summed E-state index contributed by atoms with van der Waals surface area (Å²) in [6.45, 7) is 0.159. The Morgan fingerprint density at radius 2 is 2.16 bits per heavy atom. The molecule has 0 radical (unpaired) electrons. The second-order valence-corrected chi connectivity index (χ2v) is 4.48. The van der Waals surface area contributed by atoms with E-state index in [1.54, 1.807) is 12.1 Å². The minimum Gasteiger partial charge on any atom is -0.487 e. The van der Waals surface area contributed by atoms with Crippen molar-refractivity contribution in [3.05, 3.63) is 58.1 Å². The summed E-state index contributed by atoms with van der Waals surface area (Å²) in [6, 6.07) is 7.51. The summed E-state index contributed by atoms with van der Waals surface area (Å²) < 4.78 is 19.0. The Kier molecular flexibility index (Phi) is 4.11. The number of aromatic carboxylic acids is 1. The molecule has 2 aromatic rings. The first-order valence-electron chi connectivity index (χ1n) is 5.33. The van der Waals surface area contributed by atoms with E-state index in [2.05, 4.69) is 20.9 Å². The number of pyridine rings is 1. The maximum absolute atomic E-state index is 13.3. The highest BCUT2D eigenvalue weighted by Gasteiger charge is 2.07. The zero-order chi connectivity index (χ0) is 13.8. The van der Waals surface area contributed by atoms with Gasteiger partial charge in [-0.25, -0.2) is 14.2 Å². The average molecular weight is 326 g/mol. The van der Waals surface area contributed by atoms with E-state index in [1.807, 2.05) is 0 Å². The third kappa shape index (κ3) is 3.29. The van der Waals surface area contributed by atoms with E-state index >= 15 is 0 Å². The van der Waals surface area contributed by atoms with Crippen LogP contribution in [0.4, 0.5) is 4.39 Å². The van der Waals surface area contributed by atoms with E-state index in [1.165, 1.54) is 24.4 Å². The van der Waals surface area contributed by atoms with E-state index in [0.29, 0.717) is 15.8 Å². The molecule has 0 spiro atoms. The molecular weight excluding hydrogens is 317 g/mol. The van der Waals surface area contributed by atoms with Gasteiger partial charge in [-0.2, -0.15) is 0 Å². The van der Waals surface area contributed by atoms with Crippen molar-refractivity contribution in [2.45, 2.75) is 6.61 Å². The first-order chi connectivity index (χ1) is 9.08. The second-order valence-electron chi connectivity index (χ2n) is 3.69. The van der Waals surface area contributed by atoms with E-state index in [4.69, 9.17) is 9.84 Å². The van der Waals surface area contributed by atoms with E-state index in [9.17, 15) is 9.18 Å². The number of aromatic nitrogens is 1. The summed E-state index contributed by atoms with van der Waals surface area (Å²) in [5.41, 5.74) is 0.599. The smallest absolute Gasteiger partial charge is 0.354 e. The van der Waals surface area contributed by atoms with Crippen LogP contribution in [0.15, 0.2) is 41.0 Å². The number of hydrogen-bond donors (Lipinski definition) is 1. The van der Waals surface area contributed by atoms with Crippen LogP contribution in [-0.2, 0) is 6.61 Å². The molecule has 1 aromatic carbocycles. The molecule has 0 aliphatic heterocycles. The van der Waals surface area contributed by atoms with Crippen LogP contribution in [0.5, 0.6) is 5.75 Å². The Hall–Kier alpha value is -1.95. The Bertz CT molecular complexity index is 601. The van der Waals surface area contributed by atoms with Gasteiger partial charge in [0.15, 0.2) is 0 Å². The van der Waals surface area contributed by atoms with E-state index in [0.717, 1.165) is 0 Å². The fraction of sp³-hybridized carbons (Fsp3) is 0.0769.